The summed E-state index contributed by atoms with van der Waals surface area (Å²) in [6, 6.07) is 0. The van der Waals surface area contributed by atoms with Crippen LogP contribution in [0.4, 0.5) is 0 Å². The van der Waals surface area contributed by atoms with Crippen molar-refractivity contribution in [3.63, 3.8) is 0 Å². The molecular weight excluding hydrogens is 532 g/mol. The van der Waals surface area contributed by atoms with E-state index in [2.05, 4.69) is 94.3 Å². The predicted octanol–water partition coefficient (Wildman–Crippen LogP) is 5.28. The first-order valence-corrected chi connectivity index (χ1v) is 9.33. The summed E-state index contributed by atoms with van der Waals surface area (Å²) in [7, 11) is 6.25. The molecule has 1 aromatic heterocycles. The van der Waals surface area contributed by atoms with E-state index in [4.69, 9.17) is 4.98 Å². The van der Waals surface area contributed by atoms with Gasteiger partial charge in [0.05, 0.1) is 14.5 Å². The summed E-state index contributed by atoms with van der Waals surface area (Å²) in [5.41, 5.74) is 2.08. The van der Waals surface area contributed by atoms with Crippen LogP contribution in [0, 0.1) is 0 Å². The molecule has 118 valence electrons. The molecule has 0 fully saturated rings. The van der Waals surface area contributed by atoms with Crippen LogP contribution in [0.1, 0.15) is 12.2 Å². The van der Waals surface area contributed by atoms with E-state index in [0.717, 1.165) is 54.1 Å². The molecule has 8 heteroatoms. The molecule has 0 radical (unpaired) electrons. The minimum absolute atomic E-state index is 0. The van der Waals surface area contributed by atoms with Crippen molar-refractivity contribution < 1.29 is 0 Å². The number of nitrogens with zero attached hydrogens (tertiary/aromatic N) is 3. The van der Waals surface area contributed by atoms with E-state index in [9.17, 15) is 0 Å². The van der Waals surface area contributed by atoms with Crippen LogP contribution in [0.3, 0.4) is 0 Å². The molecule has 4 nitrogen and oxygen atoms in total. The van der Waals surface area contributed by atoms with Crippen molar-refractivity contribution in [1.29, 1.82) is 0 Å². The van der Waals surface area contributed by atoms with Gasteiger partial charge in [-0.2, -0.15) is 0 Å². The monoisotopic (exact) mass is 546 g/mol. The Morgan fingerprint density at radius 1 is 1.00 bits per heavy atom. The number of halogens is 4. The third-order valence-corrected chi connectivity index (χ3v) is 7.91. The molecular formula is C13H18Br4N4. The summed E-state index contributed by atoms with van der Waals surface area (Å²) in [6.07, 6.45) is 2.07. The predicted molar refractivity (Wildman–Crippen MR) is 103 cm³/mol. The fourth-order valence-electron chi connectivity index (χ4n) is 2.13. The molecule has 2 aromatic rings. The van der Waals surface area contributed by atoms with Gasteiger partial charge in [0.2, 0.25) is 0 Å². The van der Waals surface area contributed by atoms with Crippen LogP contribution in [0.2, 0.25) is 0 Å². The van der Waals surface area contributed by atoms with Gasteiger partial charge >= 0.3 is 0 Å². The fraction of sp³-hybridized carbons (Fsp3) is 0.462. The second-order valence-corrected chi connectivity index (χ2v) is 8.12. The van der Waals surface area contributed by atoms with Gasteiger partial charge < -0.3 is 15.6 Å². The van der Waals surface area contributed by atoms with Crippen LogP contribution in [0.25, 0.3) is 11.0 Å². The number of rotatable bonds is 4. The largest absolute Gasteiger partial charge is 0.344 e. The van der Waals surface area contributed by atoms with Crippen molar-refractivity contribution in [3.8, 4) is 0 Å². The van der Waals surface area contributed by atoms with E-state index >= 15 is 0 Å². The Morgan fingerprint density at radius 2 is 1.57 bits per heavy atom. The van der Waals surface area contributed by atoms with E-state index in [-0.39, 0.29) is 6.15 Å². The molecule has 0 aliphatic carbocycles. The van der Waals surface area contributed by atoms with Gasteiger partial charge in [-0.15, -0.1) is 0 Å². The lowest BCUT2D eigenvalue weighted by Gasteiger charge is -2.09. The van der Waals surface area contributed by atoms with Gasteiger partial charge in [0.1, 0.15) is 11.3 Å². The zero-order valence-corrected chi connectivity index (χ0v) is 18.5. The molecule has 1 aromatic carbocycles. The Labute approximate surface area is 158 Å². The Hall–Kier alpha value is 0.530. The summed E-state index contributed by atoms with van der Waals surface area (Å²) >= 11 is 14.4. The van der Waals surface area contributed by atoms with E-state index in [1.54, 1.807) is 0 Å². The average Bonchev–Trinajstić information content (AvgIpc) is 2.71. The minimum atomic E-state index is 0. The highest BCUT2D eigenvalue weighted by molar-refractivity contribution is 9.15. The third kappa shape index (κ3) is 3.90. The maximum absolute atomic E-state index is 4.79. The summed E-state index contributed by atoms with van der Waals surface area (Å²) in [4.78, 5) is 6.98. The van der Waals surface area contributed by atoms with E-state index in [1.165, 1.54) is 0 Å². The van der Waals surface area contributed by atoms with Crippen LogP contribution in [0.15, 0.2) is 17.9 Å². The lowest BCUT2D eigenvalue weighted by Crippen LogP contribution is -2.14. The third-order valence-electron chi connectivity index (χ3n) is 3.19. The highest BCUT2D eigenvalue weighted by Crippen LogP contribution is 2.43. The quantitative estimate of drug-likeness (QED) is 0.417. The molecule has 0 unspecified atom stereocenters. The Balaban J connectivity index is 0.00000220. The summed E-state index contributed by atoms with van der Waals surface area (Å²) in [5, 5.41) is 0. The maximum Gasteiger partial charge on any atom is 0.109 e. The molecule has 0 aliphatic heterocycles. The van der Waals surface area contributed by atoms with Crippen molar-refractivity contribution in [2.75, 3.05) is 20.6 Å². The smallest absolute Gasteiger partial charge is 0.109 e. The summed E-state index contributed by atoms with van der Waals surface area (Å²) in [6.45, 7) is 1.07. The lowest BCUT2D eigenvalue weighted by atomic mass is 10.3. The molecule has 0 bridgehead atoms. The van der Waals surface area contributed by atoms with E-state index in [1.807, 2.05) is 0 Å². The van der Waals surface area contributed by atoms with Gasteiger partial charge in [-0.1, -0.05) is 0 Å². The van der Waals surface area contributed by atoms with E-state index in [0.29, 0.717) is 0 Å². The van der Waals surface area contributed by atoms with E-state index < -0.39 is 0 Å². The Morgan fingerprint density at radius 3 is 2.14 bits per heavy atom. The molecule has 0 amide bonds. The zero-order valence-electron chi connectivity index (χ0n) is 12.2. The first-order chi connectivity index (χ1) is 9.34. The Bertz CT molecular complexity index is 652. The summed E-state index contributed by atoms with van der Waals surface area (Å²) in [5.74, 6) is 1.10. The van der Waals surface area contributed by atoms with Gasteiger partial charge in [-0.25, -0.2) is 4.98 Å². The molecule has 0 atom stereocenters. The van der Waals surface area contributed by atoms with Crippen LogP contribution in [-0.4, -0.2) is 35.1 Å². The molecule has 0 saturated carbocycles. The van der Waals surface area contributed by atoms with Crippen molar-refractivity contribution >= 4 is 74.8 Å². The highest BCUT2D eigenvalue weighted by Gasteiger charge is 2.19. The molecule has 0 aliphatic rings. The highest BCUT2D eigenvalue weighted by atomic mass is 79.9. The second-order valence-electron chi connectivity index (χ2n) is 4.95. The lowest BCUT2D eigenvalue weighted by molar-refractivity contribution is 0.398. The number of aromatic nitrogens is 2. The van der Waals surface area contributed by atoms with Gasteiger partial charge in [0.15, 0.2) is 0 Å². The van der Waals surface area contributed by atoms with Gasteiger partial charge in [-0.3, -0.25) is 0 Å². The van der Waals surface area contributed by atoms with Crippen LogP contribution in [0.5, 0.6) is 0 Å². The fourth-order valence-corrected chi connectivity index (χ4v) is 4.56. The number of hydrogen-bond acceptors (Lipinski definition) is 3. The normalized spacial score (nSPS) is 11.2. The SMILES string of the molecule is CN(C)CCCc1nc2c(Br)c(Br)c(Br)c(Br)c2n1C.N. The van der Waals surface area contributed by atoms with Crippen molar-refractivity contribution in [1.82, 2.24) is 20.6 Å². The molecule has 21 heavy (non-hydrogen) atoms. The number of benzene rings is 1. The first kappa shape index (κ1) is 19.6. The number of imidazole rings is 1. The van der Waals surface area contributed by atoms with Crippen molar-refractivity contribution in [2.24, 2.45) is 7.05 Å². The standard InChI is InChI=1S/C13H15Br4N3.H3N/c1-19(2)6-4-5-7-18-12-10(16)8(14)9(15)11(17)13(12)20(7)3;/h4-6H2,1-3H3;1H3. The number of aryl methyl sites for hydroxylation is 2. The number of fused-ring (bicyclic) bond motifs is 1. The van der Waals surface area contributed by atoms with Crippen molar-refractivity contribution in [3.05, 3.63) is 23.7 Å². The van der Waals surface area contributed by atoms with Crippen LogP contribution >= 0.6 is 63.7 Å². The van der Waals surface area contributed by atoms with Gasteiger partial charge in [0, 0.05) is 22.4 Å². The molecule has 1 heterocycles. The first-order valence-electron chi connectivity index (χ1n) is 6.16. The maximum atomic E-state index is 4.79. The van der Waals surface area contributed by atoms with Crippen molar-refractivity contribution in [2.45, 2.75) is 12.8 Å². The summed E-state index contributed by atoms with van der Waals surface area (Å²) < 4.78 is 6.15. The van der Waals surface area contributed by atoms with Crippen LogP contribution in [-0.2, 0) is 13.5 Å². The number of hydrogen-bond donors (Lipinski definition) is 1. The molecule has 0 saturated heterocycles. The van der Waals surface area contributed by atoms with Crippen LogP contribution < -0.4 is 6.15 Å². The van der Waals surface area contributed by atoms with Gasteiger partial charge in [-0.05, 0) is 90.8 Å². The molecule has 2 rings (SSSR count). The average molecular weight is 550 g/mol. The minimum Gasteiger partial charge on any atom is -0.344 e. The second kappa shape index (κ2) is 7.88. The zero-order chi connectivity index (χ0) is 15.0. The Kier molecular flexibility index (Phi) is 7.34. The topological polar surface area (TPSA) is 56.1 Å². The van der Waals surface area contributed by atoms with Gasteiger partial charge in [0.25, 0.3) is 0 Å². The molecule has 0 spiro atoms. The molecule has 3 N–H and O–H groups in total.